The Bertz CT molecular complexity index is 586. The minimum Gasteiger partial charge on any atom is -0.490 e. The van der Waals surface area contributed by atoms with Gasteiger partial charge in [-0.3, -0.25) is 0 Å². The van der Waals surface area contributed by atoms with Crippen LogP contribution >= 0.6 is 0 Å². The number of hydrogen-bond acceptors (Lipinski definition) is 4. The Morgan fingerprint density at radius 3 is 2.43 bits per heavy atom. The van der Waals surface area contributed by atoms with Gasteiger partial charge in [-0.2, -0.15) is 0 Å². The van der Waals surface area contributed by atoms with Crippen LogP contribution in [0.2, 0.25) is 0 Å². The van der Waals surface area contributed by atoms with Gasteiger partial charge in [-0.1, -0.05) is 48.5 Å². The molecule has 21 heavy (non-hydrogen) atoms. The van der Waals surface area contributed by atoms with Gasteiger partial charge in [-0.05, 0) is 11.6 Å². The number of hydrogen-bond donors (Lipinski definition) is 2. The molecule has 2 rings (SSSR count). The van der Waals surface area contributed by atoms with E-state index in [2.05, 4.69) is 4.74 Å². The molecule has 5 nitrogen and oxygen atoms in total. The third-order valence-corrected chi connectivity index (χ3v) is 2.82. The largest absolute Gasteiger partial charge is 0.490 e. The Morgan fingerprint density at radius 1 is 1.05 bits per heavy atom. The lowest BCUT2D eigenvalue weighted by Gasteiger charge is -2.14. The first kappa shape index (κ1) is 14.9. The Morgan fingerprint density at radius 2 is 1.71 bits per heavy atom. The fourth-order valence-corrected chi connectivity index (χ4v) is 1.86. The van der Waals surface area contributed by atoms with E-state index in [1.165, 1.54) is 0 Å². The number of para-hydroxylation sites is 1. The summed E-state index contributed by atoms with van der Waals surface area (Å²) in [5.41, 5.74) is 6.79. The fourth-order valence-electron chi connectivity index (χ4n) is 1.86. The number of carbonyl (C=O) groups excluding carboxylic acids is 1. The number of nitrogens with two attached hydrogens (primary N) is 1. The highest BCUT2D eigenvalue weighted by molar-refractivity contribution is 5.70. The van der Waals surface area contributed by atoms with Crippen molar-refractivity contribution in [3.63, 3.8) is 0 Å². The van der Waals surface area contributed by atoms with E-state index >= 15 is 0 Å². The highest BCUT2D eigenvalue weighted by Crippen LogP contribution is 2.29. The molecule has 0 fully saturated rings. The van der Waals surface area contributed by atoms with Crippen molar-refractivity contribution < 1.29 is 19.4 Å². The third-order valence-electron chi connectivity index (χ3n) is 2.82. The van der Waals surface area contributed by atoms with Crippen molar-refractivity contribution in [3.05, 3.63) is 54.6 Å². The van der Waals surface area contributed by atoms with Crippen molar-refractivity contribution in [3.8, 4) is 16.9 Å². The first-order valence-electron chi connectivity index (χ1n) is 6.54. The van der Waals surface area contributed by atoms with Gasteiger partial charge < -0.3 is 20.3 Å². The molecule has 0 radical (unpaired) electrons. The van der Waals surface area contributed by atoms with Crippen molar-refractivity contribution in [2.45, 2.75) is 6.10 Å². The second kappa shape index (κ2) is 7.31. The van der Waals surface area contributed by atoms with Crippen LogP contribution in [0.5, 0.6) is 5.75 Å². The molecular formula is C16H17NO4. The molecule has 3 N–H and O–H groups in total. The van der Waals surface area contributed by atoms with E-state index in [9.17, 15) is 9.90 Å². The van der Waals surface area contributed by atoms with Gasteiger partial charge >= 0.3 is 6.09 Å². The van der Waals surface area contributed by atoms with Crippen LogP contribution in [0, 0.1) is 0 Å². The molecule has 0 saturated carbocycles. The second-order valence-corrected chi connectivity index (χ2v) is 4.46. The van der Waals surface area contributed by atoms with Crippen LogP contribution in [0.1, 0.15) is 0 Å². The summed E-state index contributed by atoms with van der Waals surface area (Å²) in [5.74, 6) is 0.654. The van der Waals surface area contributed by atoms with Gasteiger partial charge in [-0.15, -0.1) is 0 Å². The van der Waals surface area contributed by atoms with Crippen molar-refractivity contribution >= 4 is 6.09 Å². The number of aliphatic hydroxyl groups is 1. The highest BCUT2D eigenvalue weighted by Gasteiger charge is 2.10. The van der Waals surface area contributed by atoms with Gasteiger partial charge in [-0.25, -0.2) is 4.79 Å². The summed E-state index contributed by atoms with van der Waals surface area (Å²) in [5, 5.41) is 9.66. The molecule has 110 valence electrons. The number of rotatable bonds is 6. The van der Waals surface area contributed by atoms with E-state index in [1.54, 1.807) is 0 Å². The maximum absolute atomic E-state index is 10.5. The van der Waals surface area contributed by atoms with E-state index < -0.39 is 12.2 Å². The smallest absolute Gasteiger partial charge is 0.404 e. The maximum Gasteiger partial charge on any atom is 0.404 e. The molecule has 5 heteroatoms. The summed E-state index contributed by atoms with van der Waals surface area (Å²) in [4.78, 5) is 10.5. The van der Waals surface area contributed by atoms with Gasteiger partial charge in [0.1, 0.15) is 25.1 Å². The number of carbonyl (C=O) groups is 1. The summed E-state index contributed by atoms with van der Waals surface area (Å²) < 4.78 is 10.1. The minimum absolute atomic E-state index is 0.0110. The SMILES string of the molecule is NC(=O)OCC(O)COc1ccccc1-c1ccccc1. The standard InChI is InChI=1S/C16H17NO4/c17-16(19)21-11-13(18)10-20-15-9-5-4-8-14(15)12-6-2-1-3-7-12/h1-9,13,18H,10-11H2,(H2,17,19). The first-order valence-corrected chi connectivity index (χ1v) is 6.54. The minimum atomic E-state index is -0.929. The molecule has 2 aromatic rings. The monoisotopic (exact) mass is 287 g/mol. The van der Waals surface area contributed by atoms with Gasteiger partial charge in [0, 0.05) is 5.56 Å². The molecule has 0 saturated heterocycles. The molecule has 0 aliphatic heterocycles. The van der Waals surface area contributed by atoms with Gasteiger partial charge in [0.2, 0.25) is 0 Å². The number of ether oxygens (including phenoxy) is 2. The summed E-state index contributed by atoms with van der Waals surface area (Å²) in [6.07, 6.45) is -1.85. The molecular weight excluding hydrogens is 270 g/mol. The average Bonchev–Trinajstić information content (AvgIpc) is 2.52. The number of benzene rings is 2. The van der Waals surface area contributed by atoms with Gasteiger partial charge in [0.05, 0.1) is 0 Å². The van der Waals surface area contributed by atoms with Crippen LogP contribution in [0.25, 0.3) is 11.1 Å². The summed E-state index contributed by atoms with van der Waals surface area (Å²) >= 11 is 0. The van der Waals surface area contributed by atoms with Crippen molar-refractivity contribution in [2.75, 3.05) is 13.2 Å². The fraction of sp³-hybridized carbons (Fsp3) is 0.188. The lowest BCUT2D eigenvalue weighted by molar-refractivity contribution is 0.0421. The molecule has 1 unspecified atom stereocenters. The lowest BCUT2D eigenvalue weighted by Crippen LogP contribution is -2.27. The predicted octanol–water partition coefficient (Wildman–Crippen LogP) is 2.19. The van der Waals surface area contributed by atoms with Crippen LogP contribution in [-0.4, -0.2) is 30.5 Å². The van der Waals surface area contributed by atoms with Crippen LogP contribution in [0.3, 0.4) is 0 Å². The van der Waals surface area contributed by atoms with Crippen LogP contribution < -0.4 is 10.5 Å². The molecule has 0 aromatic heterocycles. The lowest BCUT2D eigenvalue weighted by atomic mass is 10.1. The normalized spacial score (nSPS) is 11.7. The Hall–Kier alpha value is -2.53. The quantitative estimate of drug-likeness (QED) is 0.853. The second-order valence-electron chi connectivity index (χ2n) is 4.46. The molecule has 1 amide bonds. The molecule has 0 aliphatic rings. The number of aliphatic hydroxyl groups excluding tert-OH is 1. The zero-order chi connectivity index (χ0) is 15.1. The van der Waals surface area contributed by atoms with E-state index in [0.717, 1.165) is 11.1 Å². The molecule has 2 aromatic carbocycles. The van der Waals surface area contributed by atoms with E-state index in [0.29, 0.717) is 5.75 Å². The molecule has 0 heterocycles. The van der Waals surface area contributed by atoms with Crippen LogP contribution in [0.4, 0.5) is 4.79 Å². The van der Waals surface area contributed by atoms with E-state index in [1.807, 2.05) is 54.6 Å². The van der Waals surface area contributed by atoms with Gasteiger partial charge in [0.25, 0.3) is 0 Å². The highest BCUT2D eigenvalue weighted by atomic mass is 16.6. The maximum atomic E-state index is 10.5. The van der Waals surface area contributed by atoms with Crippen molar-refractivity contribution in [1.82, 2.24) is 0 Å². The van der Waals surface area contributed by atoms with E-state index in [-0.39, 0.29) is 13.2 Å². The van der Waals surface area contributed by atoms with Crippen LogP contribution in [-0.2, 0) is 4.74 Å². The average molecular weight is 287 g/mol. The zero-order valence-corrected chi connectivity index (χ0v) is 11.4. The van der Waals surface area contributed by atoms with Crippen molar-refractivity contribution in [1.29, 1.82) is 0 Å². The van der Waals surface area contributed by atoms with Crippen LogP contribution in [0.15, 0.2) is 54.6 Å². The number of amides is 1. The summed E-state index contributed by atoms with van der Waals surface area (Å²) in [6.45, 7) is -0.181. The third kappa shape index (κ3) is 4.50. The first-order chi connectivity index (χ1) is 10.2. The Labute approximate surface area is 122 Å². The molecule has 0 aliphatic carbocycles. The molecule has 0 bridgehead atoms. The topological polar surface area (TPSA) is 81.8 Å². The number of primary amides is 1. The van der Waals surface area contributed by atoms with Gasteiger partial charge in [0.15, 0.2) is 0 Å². The predicted molar refractivity (Wildman–Crippen MR) is 78.9 cm³/mol. The summed E-state index contributed by atoms with van der Waals surface area (Å²) in [7, 11) is 0. The van der Waals surface area contributed by atoms with Crippen molar-refractivity contribution in [2.24, 2.45) is 5.73 Å². The molecule has 1 atom stereocenters. The van der Waals surface area contributed by atoms with E-state index in [4.69, 9.17) is 10.5 Å². The Kier molecular flexibility index (Phi) is 5.17. The molecule has 0 spiro atoms. The zero-order valence-electron chi connectivity index (χ0n) is 11.4. The summed E-state index contributed by atoms with van der Waals surface area (Å²) in [6, 6.07) is 17.3. The Balaban J connectivity index is 2.02.